The van der Waals surface area contributed by atoms with Crippen LogP contribution in [0.1, 0.15) is 34.5 Å². The van der Waals surface area contributed by atoms with Crippen molar-refractivity contribution in [2.24, 2.45) is 0 Å². The lowest BCUT2D eigenvalue weighted by Gasteiger charge is -2.16. The van der Waals surface area contributed by atoms with Crippen molar-refractivity contribution in [1.29, 1.82) is 0 Å². The van der Waals surface area contributed by atoms with Gasteiger partial charge in [0.2, 0.25) is 0 Å². The fourth-order valence-electron chi connectivity index (χ4n) is 2.02. The van der Waals surface area contributed by atoms with Crippen molar-refractivity contribution in [3.05, 3.63) is 71.0 Å². The molecule has 0 fully saturated rings. The van der Waals surface area contributed by atoms with Gasteiger partial charge in [-0.3, -0.25) is 4.79 Å². The second-order valence-corrected chi connectivity index (χ2v) is 4.57. The van der Waals surface area contributed by atoms with Crippen LogP contribution in [0.3, 0.4) is 0 Å². The van der Waals surface area contributed by atoms with Gasteiger partial charge in [0.25, 0.3) is 0 Å². The number of carbonyl (C=O) groups is 1. The lowest BCUT2D eigenvalue weighted by molar-refractivity contribution is 0.0452. The number of ether oxygens (including phenoxy) is 1. The maximum atomic E-state index is 13.6. The topological polar surface area (TPSA) is 26.3 Å². The van der Waals surface area contributed by atoms with Crippen LogP contribution in [0.15, 0.2) is 48.5 Å². The van der Waals surface area contributed by atoms with E-state index in [9.17, 15) is 9.18 Å². The van der Waals surface area contributed by atoms with Crippen LogP contribution in [0.2, 0.25) is 0 Å². The van der Waals surface area contributed by atoms with Gasteiger partial charge in [-0.1, -0.05) is 42.5 Å². The van der Waals surface area contributed by atoms with E-state index in [-0.39, 0.29) is 11.6 Å². The highest BCUT2D eigenvalue weighted by atomic mass is 19.1. The number of benzene rings is 2. The molecular weight excluding hydrogens is 255 g/mol. The number of hydrogen-bond donors (Lipinski definition) is 0. The van der Waals surface area contributed by atoms with Crippen molar-refractivity contribution < 1.29 is 13.9 Å². The minimum Gasteiger partial charge on any atom is -0.366 e. The monoisotopic (exact) mass is 272 g/mol. The van der Waals surface area contributed by atoms with Gasteiger partial charge < -0.3 is 4.74 Å². The molecule has 0 amide bonds. The Morgan fingerprint density at radius 1 is 1.20 bits per heavy atom. The molecular formula is C17H17FO2. The van der Waals surface area contributed by atoms with Gasteiger partial charge in [0.05, 0.1) is 0 Å². The molecule has 0 aliphatic carbocycles. The molecule has 0 saturated carbocycles. The summed E-state index contributed by atoms with van der Waals surface area (Å²) in [5.41, 5.74) is 1.63. The molecule has 0 bridgehead atoms. The quantitative estimate of drug-likeness (QED) is 0.766. The second kappa shape index (κ2) is 6.44. The lowest BCUT2D eigenvalue weighted by atomic mass is 9.99. The first-order chi connectivity index (χ1) is 9.63. The highest BCUT2D eigenvalue weighted by molar-refractivity contribution is 6.00. The molecule has 1 atom stereocenters. The van der Waals surface area contributed by atoms with Gasteiger partial charge in [0, 0.05) is 12.2 Å². The van der Waals surface area contributed by atoms with Crippen LogP contribution in [0, 0.1) is 12.7 Å². The van der Waals surface area contributed by atoms with E-state index in [1.165, 1.54) is 6.07 Å². The number of rotatable bonds is 5. The Balaban J connectivity index is 2.34. The van der Waals surface area contributed by atoms with Crippen molar-refractivity contribution in [3.63, 3.8) is 0 Å². The van der Waals surface area contributed by atoms with Crippen LogP contribution >= 0.6 is 0 Å². The molecule has 1 unspecified atom stereocenters. The average Bonchev–Trinajstić information content (AvgIpc) is 2.48. The Hall–Kier alpha value is -2.00. The van der Waals surface area contributed by atoms with Gasteiger partial charge in [-0.25, -0.2) is 4.39 Å². The van der Waals surface area contributed by atoms with Crippen LogP contribution in [-0.2, 0) is 4.74 Å². The van der Waals surface area contributed by atoms with Crippen LogP contribution in [0.5, 0.6) is 0 Å². The third-order valence-electron chi connectivity index (χ3n) is 3.13. The van der Waals surface area contributed by atoms with Crippen LogP contribution in [-0.4, -0.2) is 12.4 Å². The van der Waals surface area contributed by atoms with Crippen molar-refractivity contribution in [2.45, 2.75) is 20.0 Å². The van der Waals surface area contributed by atoms with Crippen molar-refractivity contribution >= 4 is 5.78 Å². The third-order valence-corrected chi connectivity index (χ3v) is 3.13. The van der Waals surface area contributed by atoms with E-state index in [0.29, 0.717) is 17.7 Å². The highest BCUT2D eigenvalue weighted by Gasteiger charge is 2.22. The molecule has 0 saturated heterocycles. The predicted octanol–water partition coefficient (Wildman–Crippen LogP) is 4.09. The smallest absolute Gasteiger partial charge is 0.196 e. The SMILES string of the molecule is CCOC(C(=O)c1ccc(C)c(F)c1)c1ccccc1. The van der Waals surface area contributed by atoms with E-state index >= 15 is 0 Å². The molecule has 20 heavy (non-hydrogen) atoms. The molecule has 0 aromatic heterocycles. The Morgan fingerprint density at radius 2 is 1.90 bits per heavy atom. The number of halogens is 1. The van der Waals surface area contributed by atoms with E-state index in [4.69, 9.17) is 4.74 Å². The molecule has 2 nitrogen and oxygen atoms in total. The van der Waals surface area contributed by atoms with E-state index < -0.39 is 6.10 Å². The first-order valence-corrected chi connectivity index (χ1v) is 6.60. The second-order valence-electron chi connectivity index (χ2n) is 4.57. The van der Waals surface area contributed by atoms with Crippen molar-refractivity contribution in [3.8, 4) is 0 Å². The molecule has 2 aromatic carbocycles. The summed E-state index contributed by atoms with van der Waals surface area (Å²) < 4.78 is 19.1. The van der Waals surface area contributed by atoms with Crippen LogP contribution in [0.4, 0.5) is 4.39 Å². The van der Waals surface area contributed by atoms with Crippen LogP contribution < -0.4 is 0 Å². The van der Waals surface area contributed by atoms with Gasteiger partial charge in [0.15, 0.2) is 5.78 Å². The largest absolute Gasteiger partial charge is 0.366 e. The van der Waals surface area contributed by atoms with Crippen molar-refractivity contribution in [1.82, 2.24) is 0 Å². The van der Waals surface area contributed by atoms with E-state index in [1.807, 2.05) is 37.3 Å². The normalized spacial score (nSPS) is 12.2. The molecule has 3 heteroatoms. The Morgan fingerprint density at radius 3 is 2.50 bits per heavy atom. The minimum atomic E-state index is -0.691. The first-order valence-electron chi connectivity index (χ1n) is 6.60. The first kappa shape index (κ1) is 14.4. The summed E-state index contributed by atoms with van der Waals surface area (Å²) in [5.74, 6) is -0.601. The van der Waals surface area contributed by atoms with Gasteiger partial charge >= 0.3 is 0 Å². The van der Waals surface area contributed by atoms with E-state index in [0.717, 1.165) is 5.56 Å². The molecule has 0 radical (unpaired) electrons. The van der Waals surface area contributed by atoms with Gasteiger partial charge in [-0.05, 0) is 31.0 Å². The summed E-state index contributed by atoms with van der Waals surface area (Å²) in [5, 5.41) is 0. The summed E-state index contributed by atoms with van der Waals surface area (Å²) in [4.78, 5) is 12.5. The summed E-state index contributed by atoms with van der Waals surface area (Å²) in [6.45, 7) is 3.92. The van der Waals surface area contributed by atoms with Gasteiger partial charge in [-0.15, -0.1) is 0 Å². The molecule has 2 aromatic rings. The summed E-state index contributed by atoms with van der Waals surface area (Å²) in [7, 11) is 0. The van der Waals surface area contributed by atoms with Gasteiger partial charge in [0.1, 0.15) is 11.9 Å². The lowest BCUT2D eigenvalue weighted by Crippen LogP contribution is -2.16. The van der Waals surface area contributed by atoms with Crippen LogP contribution in [0.25, 0.3) is 0 Å². The number of Topliss-reactive ketones (excluding diaryl/α,β-unsaturated/α-hetero) is 1. The zero-order chi connectivity index (χ0) is 14.5. The standard InChI is InChI=1S/C17H17FO2/c1-3-20-17(13-7-5-4-6-8-13)16(19)14-10-9-12(2)15(18)11-14/h4-11,17H,3H2,1-2H3. The summed E-state index contributed by atoms with van der Waals surface area (Å²) in [6.07, 6.45) is -0.691. The van der Waals surface area contributed by atoms with E-state index in [2.05, 4.69) is 0 Å². The fraction of sp³-hybridized carbons (Fsp3) is 0.235. The zero-order valence-corrected chi connectivity index (χ0v) is 11.6. The predicted molar refractivity (Wildman–Crippen MR) is 76.3 cm³/mol. The maximum absolute atomic E-state index is 13.6. The molecule has 0 spiro atoms. The molecule has 0 aliphatic heterocycles. The van der Waals surface area contributed by atoms with Gasteiger partial charge in [-0.2, -0.15) is 0 Å². The Bertz CT molecular complexity index is 593. The number of ketones is 1. The molecule has 0 aliphatic rings. The Labute approximate surface area is 118 Å². The third kappa shape index (κ3) is 3.11. The molecule has 0 N–H and O–H groups in total. The Kier molecular flexibility index (Phi) is 4.64. The van der Waals surface area contributed by atoms with E-state index in [1.54, 1.807) is 19.1 Å². The molecule has 0 heterocycles. The number of hydrogen-bond acceptors (Lipinski definition) is 2. The maximum Gasteiger partial charge on any atom is 0.196 e. The fourth-order valence-corrected chi connectivity index (χ4v) is 2.02. The molecule has 2 rings (SSSR count). The average molecular weight is 272 g/mol. The summed E-state index contributed by atoms with van der Waals surface area (Å²) >= 11 is 0. The van der Waals surface area contributed by atoms with Crippen molar-refractivity contribution in [2.75, 3.05) is 6.61 Å². The number of carbonyl (C=O) groups excluding carboxylic acids is 1. The minimum absolute atomic E-state index is 0.225. The summed E-state index contributed by atoms with van der Waals surface area (Å²) in [6, 6.07) is 13.8. The number of aryl methyl sites for hydroxylation is 1. The zero-order valence-electron chi connectivity index (χ0n) is 11.6. The molecule has 104 valence electrons. The highest BCUT2D eigenvalue weighted by Crippen LogP contribution is 2.23.